The fourth-order valence-electron chi connectivity index (χ4n) is 9.92. The molecule has 0 aromatic rings. The maximum atomic E-state index is 12.6. The Morgan fingerprint density at radius 3 is 1.79 bits per heavy atom. The molecule has 80 heavy (non-hydrogen) atoms. The van der Waals surface area contributed by atoms with Crippen molar-refractivity contribution in [3.63, 3.8) is 0 Å². The number of nitrogens with two attached hydrogens (primary N) is 4. The fourth-order valence-corrected chi connectivity index (χ4v) is 14.5. The SMILES string of the molecule is [B]C1CC(OP(O)(=S)OCC)C(COP(O)(=S)OC2CC([B])OC2COP(O)(=S)OC2CC([B]C=CC3(O)C(C)OC(OC4CC(O)(N=C(N)N)C(N=C(N)N)C(O)C4O)C3OC3OC(CO)C(O)C(O)C3NC)OC2COC)O1. The van der Waals surface area contributed by atoms with E-state index >= 15 is 0 Å². The molecule has 6 fully saturated rings. The van der Waals surface area contributed by atoms with Gasteiger partial charge in [0.15, 0.2) is 37.5 Å². The molecule has 5 aliphatic heterocycles. The predicted molar refractivity (Wildman–Crippen MR) is 292 cm³/mol. The van der Waals surface area contributed by atoms with Gasteiger partial charge >= 0.3 is 20.2 Å². The molecule has 1 aliphatic carbocycles. The third-order valence-corrected chi connectivity index (χ3v) is 18.6. The van der Waals surface area contributed by atoms with Crippen molar-refractivity contribution in [3.05, 3.63) is 12.1 Å². The standard InChI is InChI=1S/C40H72B3N7O24P3S3/c1-5-62-75(58,78)72-17-8-25(41)66-23(17)14-63-76(59,79)73-18-9-26(42)67-24(18)15-64-77(60,80)74-19-10-27(68-22(19)13-61-4)43-7-6-39(56)16(2)65-36(34(39)71-35-28(48-3)31(54)30(53)21(12-51)70-35)69-20-11-40(57,50-38(46)47)33(49-37(44)45)32(55)29(20)52/h6-7,16-36,48,51-57H,5,8-15H2,1-4H3,(H,58,78)(H,59,79)(H,60,80)(H4,44,45,49)(H4,46,47,50). The van der Waals surface area contributed by atoms with Crippen molar-refractivity contribution in [2.24, 2.45) is 32.9 Å². The molecule has 0 amide bonds. The fraction of sp³-hybridized carbons (Fsp3) is 0.900. The van der Waals surface area contributed by atoms with Crippen LogP contribution in [-0.4, -0.2) is 272 Å². The van der Waals surface area contributed by atoms with Crippen LogP contribution in [-0.2, 0) is 100 Å². The largest absolute Gasteiger partial charge is 0.394 e. The van der Waals surface area contributed by atoms with Gasteiger partial charge in [0, 0.05) is 31.5 Å². The number of guanidine groups is 2. The molecule has 19 N–H and O–H groups in total. The summed E-state index contributed by atoms with van der Waals surface area (Å²) in [5.41, 5.74) is 17.7. The Balaban J connectivity index is 1.12. The number of aliphatic imine (C=N–C) groups is 2. The van der Waals surface area contributed by atoms with Gasteiger partial charge in [-0.3, -0.25) is 0 Å². The second kappa shape index (κ2) is 29.0. The Labute approximate surface area is 480 Å². The summed E-state index contributed by atoms with van der Waals surface area (Å²) < 4.78 is 81.2. The average molecular weight is 1260 g/mol. The molecule has 6 rings (SSSR count). The van der Waals surface area contributed by atoms with Crippen LogP contribution in [0.4, 0.5) is 0 Å². The van der Waals surface area contributed by atoms with Crippen molar-refractivity contribution in [1.29, 1.82) is 0 Å². The van der Waals surface area contributed by atoms with Crippen LogP contribution in [0.5, 0.6) is 0 Å². The van der Waals surface area contributed by atoms with Crippen LogP contribution in [0.2, 0.25) is 0 Å². The van der Waals surface area contributed by atoms with Crippen LogP contribution in [0.1, 0.15) is 39.5 Å². The summed E-state index contributed by atoms with van der Waals surface area (Å²) in [7, 11) is 16.4. The summed E-state index contributed by atoms with van der Waals surface area (Å²) >= 11 is 15.7. The van der Waals surface area contributed by atoms with Crippen molar-refractivity contribution in [2.45, 2.75) is 179 Å². The van der Waals surface area contributed by atoms with Gasteiger partial charge in [-0.2, -0.15) is 0 Å². The van der Waals surface area contributed by atoms with Crippen molar-refractivity contribution in [3.8, 4) is 0 Å². The number of nitrogens with zero attached hydrogens (tertiary/aromatic N) is 2. The van der Waals surface area contributed by atoms with Crippen LogP contribution < -0.4 is 28.3 Å². The first-order chi connectivity index (χ1) is 37.4. The highest BCUT2D eigenvalue weighted by atomic mass is 32.5. The van der Waals surface area contributed by atoms with Crippen molar-refractivity contribution < 1.29 is 115 Å². The van der Waals surface area contributed by atoms with Gasteiger partial charge in [0.1, 0.15) is 82.3 Å². The Kier molecular flexibility index (Phi) is 24.8. The smallest absolute Gasteiger partial charge is 0.324 e. The molecule has 26 unspecified atom stereocenters. The van der Waals surface area contributed by atoms with E-state index in [1.54, 1.807) is 6.92 Å². The zero-order valence-corrected chi connectivity index (χ0v) is 49.0. The molecule has 6 aliphatic rings. The number of hydrogen-bond acceptors (Lipinski definition) is 27. The summed E-state index contributed by atoms with van der Waals surface area (Å²) in [6.07, 6.45) is -20.9. The Morgan fingerprint density at radius 1 is 0.725 bits per heavy atom. The zero-order chi connectivity index (χ0) is 59.3. The van der Waals surface area contributed by atoms with E-state index in [2.05, 4.69) is 15.3 Å². The van der Waals surface area contributed by atoms with Gasteiger partial charge in [0.2, 0.25) is 0 Å². The number of aliphatic hydroxyl groups is 7. The molecule has 31 nitrogen and oxygen atoms in total. The van der Waals surface area contributed by atoms with E-state index in [1.807, 2.05) is 0 Å². The molecular formula is C40H72B3N7O24P3S3. The van der Waals surface area contributed by atoms with E-state index in [0.717, 1.165) is 0 Å². The first kappa shape index (κ1) is 68.5. The highest BCUT2D eigenvalue weighted by Crippen LogP contribution is 2.52. The average Bonchev–Trinajstić information content (AvgIpc) is 4.12. The molecule has 5 radical (unpaired) electrons. The lowest BCUT2D eigenvalue weighted by atomic mass is 9.69. The van der Waals surface area contributed by atoms with E-state index in [9.17, 15) is 50.4 Å². The summed E-state index contributed by atoms with van der Waals surface area (Å²) in [6.45, 7) is -10.3. The molecule has 0 bridgehead atoms. The minimum Gasteiger partial charge on any atom is -0.394 e. The maximum Gasteiger partial charge on any atom is 0.324 e. The van der Waals surface area contributed by atoms with Gasteiger partial charge in [0.05, 0.1) is 69.6 Å². The summed E-state index contributed by atoms with van der Waals surface area (Å²) in [5.74, 6) is 0.188. The van der Waals surface area contributed by atoms with Crippen molar-refractivity contribution in [1.82, 2.24) is 5.32 Å². The van der Waals surface area contributed by atoms with Crippen LogP contribution in [0, 0.1) is 0 Å². The van der Waals surface area contributed by atoms with Gasteiger partial charge < -0.3 is 144 Å². The van der Waals surface area contributed by atoms with E-state index in [4.69, 9.17) is 139 Å². The highest BCUT2D eigenvalue weighted by molar-refractivity contribution is 8.07. The van der Waals surface area contributed by atoms with Gasteiger partial charge in [-0.1, -0.05) is 6.08 Å². The molecule has 5 saturated heterocycles. The molecule has 40 heteroatoms. The first-order valence-corrected chi connectivity index (χ1v) is 32.9. The van der Waals surface area contributed by atoms with Crippen molar-refractivity contribution in [2.75, 3.05) is 47.2 Å². The van der Waals surface area contributed by atoms with Crippen LogP contribution in [0.15, 0.2) is 22.0 Å². The minimum atomic E-state index is -4.15. The van der Waals surface area contributed by atoms with Crippen LogP contribution in [0.3, 0.4) is 0 Å². The van der Waals surface area contributed by atoms with E-state index in [1.165, 1.54) is 40.4 Å². The normalized spacial score (nSPS) is 43.6. The number of likely N-dealkylation sites (N-methyl/N-ethyl adjacent to an activating group) is 1. The lowest BCUT2D eigenvalue weighted by Crippen LogP contribution is -2.65. The predicted octanol–water partition coefficient (Wildman–Crippen LogP) is -6.59. The monoisotopic (exact) mass is 1260 g/mol. The number of hydrogen-bond donors (Lipinski definition) is 15. The Bertz CT molecular complexity index is 2290. The summed E-state index contributed by atoms with van der Waals surface area (Å²) in [4.78, 5) is 40.4. The first-order valence-electron chi connectivity index (χ1n) is 25.1. The van der Waals surface area contributed by atoms with Gasteiger partial charge in [-0.25, -0.2) is 9.98 Å². The number of rotatable bonds is 27. The van der Waals surface area contributed by atoms with E-state index < -0.39 is 191 Å². The number of ether oxygens (including phenoxy) is 8. The Hall–Kier alpha value is -0.575. The number of methoxy groups -OCH3 is 1. The molecule has 5 heterocycles. The molecule has 1 saturated carbocycles. The molecular weight excluding hydrogens is 1180 g/mol. The van der Waals surface area contributed by atoms with E-state index in [0.29, 0.717) is 0 Å². The molecule has 0 aromatic heterocycles. The second-order valence-electron chi connectivity index (χ2n) is 19.6. The molecule has 0 spiro atoms. The lowest BCUT2D eigenvalue weighted by molar-refractivity contribution is -0.315. The quantitative estimate of drug-likeness (QED) is 0.0157. The number of nitrogens with one attached hydrogen (secondary N) is 1. The minimum absolute atomic E-state index is 0.0190. The van der Waals surface area contributed by atoms with Crippen LogP contribution >= 0.6 is 20.2 Å². The number of aliphatic hydroxyl groups excluding tert-OH is 5. The zero-order valence-electron chi connectivity index (χ0n) is 43.8. The van der Waals surface area contributed by atoms with Gasteiger partial charge in [-0.05, 0) is 75.6 Å². The summed E-state index contributed by atoms with van der Waals surface area (Å²) in [5, 5.41) is 81.3. The third-order valence-electron chi connectivity index (χ3n) is 13.7. The summed E-state index contributed by atoms with van der Waals surface area (Å²) in [6, 6.07) is -5.39. The Morgan fingerprint density at radius 2 is 1.27 bits per heavy atom. The highest BCUT2D eigenvalue weighted by Gasteiger charge is 2.60. The molecule has 453 valence electrons. The second-order valence-corrected chi connectivity index (χ2v) is 28.0. The van der Waals surface area contributed by atoms with Crippen LogP contribution in [0.25, 0.3) is 0 Å². The van der Waals surface area contributed by atoms with Crippen molar-refractivity contribution >= 4 is 90.5 Å². The molecule has 0 aromatic carbocycles. The molecule has 26 atom stereocenters. The third kappa shape index (κ3) is 17.6. The maximum absolute atomic E-state index is 12.6. The van der Waals surface area contributed by atoms with Gasteiger partial charge in [-0.15, -0.1) is 5.98 Å². The lowest BCUT2D eigenvalue weighted by Gasteiger charge is -2.46. The van der Waals surface area contributed by atoms with E-state index in [-0.39, 0.29) is 39.1 Å². The van der Waals surface area contributed by atoms with Gasteiger partial charge in [0.25, 0.3) is 0 Å². The topological polar surface area (TPSA) is 472 Å².